The zero-order valence-electron chi connectivity index (χ0n) is 20.4. The van der Waals surface area contributed by atoms with Gasteiger partial charge >= 0.3 is 11.5 Å². The Hall–Kier alpha value is -3.92. The van der Waals surface area contributed by atoms with Crippen LogP contribution in [-0.2, 0) is 16.1 Å². The van der Waals surface area contributed by atoms with Gasteiger partial charge in [-0.3, -0.25) is 18.9 Å². The van der Waals surface area contributed by atoms with E-state index in [2.05, 4.69) is 10.3 Å². The third-order valence-corrected chi connectivity index (χ3v) is 6.46. The molecule has 0 atom stereocenters. The molecule has 2 fully saturated rings. The lowest BCUT2D eigenvalue weighted by Crippen LogP contribution is -2.49. The highest BCUT2D eigenvalue weighted by molar-refractivity contribution is 6.00. The maximum Gasteiger partial charge on any atom is 0.360 e. The molecule has 0 bridgehead atoms. The van der Waals surface area contributed by atoms with Crippen LogP contribution in [0.2, 0.25) is 0 Å². The number of anilines is 2. The first-order chi connectivity index (χ1) is 17.4. The Labute approximate surface area is 208 Å². The third kappa shape index (κ3) is 4.90. The van der Waals surface area contributed by atoms with E-state index in [-0.39, 0.29) is 36.1 Å². The van der Waals surface area contributed by atoms with Gasteiger partial charge in [-0.25, -0.2) is 9.78 Å². The maximum absolute atomic E-state index is 13.7. The van der Waals surface area contributed by atoms with Crippen LogP contribution in [-0.4, -0.2) is 66.5 Å². The number of hydrogen-bond acceptors (Lipinski definition) is 8. The van der Waals surface area contributed by atoms with Crippen molar-refractivity contribution in [1.82, 2.24) is 14.3 Å². The number of likely N-dealkylation sites (N-methyl/N-ethyl adjacent to an activating group) is 1. The van der Waals surface area contributed by atoms with Crippen LogP contribution in [0.1, 0.15) is 28.9 Å². The summed E-state index contributed by atoms with van der Waals surface area (Å²) in [6.07, 6.45) is 3.99. The van der Waals surface area contributed by atoms with Crippen LogP contribution in [0.5, 0.6) is 5.75 Å². The SMILES string of the molecule is COC(=O)c1nc2c(N3CCN(C)CC3=O)cc(NCC3CC3)cn2c(=O)c1OCc1ccccc1. The molecule has 5 rings (SSSR count). The molecule has 188 valence electrons. The van der Waals surface area contributed by atoms with Crippen molar-refractivity contribution in [3.05, 3.63) is 64.2 Å². The van der Waals surface area contributed by atoms with Gasteiger partial charge in [-0.15, -0.1) is 0 Å². The second-order valence-corrected chi connectivity index (χ2v) is 9.28. The Morgan fingerprint density at radius 3 is 2.64 bits per heavy atom. The molecule has 1 aliphatic carbocycles. The number of hydrogen-bond donors (Lipinski definition) is 1. The predicted octanol–water partition coefficient (Wildman–Crippen LogP) is 2.16. The summed E-state index contributed by atoms with van der Waals surface area (Å²) in [5, 5.41) is 3.39. The smallest absolute Gasteiger partial charge is 0.360 e. The summed E-state index contributed by atoms with van der Waals surface area (Å²) in [6, 6.07) is 11.2. The Balaban J connectivity index is 1.64. The Morgan fingerprint density at radius 2 is 1.94 bits per heavy atom. The molecule has 1 N–H and O–H groups in total. The lowest BCUT2D eigenvalue weighted by Gasteiger charge is -2.32. The zero-order chi connectivity index (χ0) is 25.2. The number of aromatic nitrogens is 2. The molecule has 3 heterocycles. The molecular formula is C26H29N5O5. The number of nitrogens with zero attached hydrogens (tertiary/aromatic N) is 4. The van der Waals surface area contributed by atoms with Gasteiger partial charge in [0.05, 0.1) is 25.0 Å². The van der Waals surface area contributed by atoms with E-state index in [0.29, 0.717) is 30.4 Å². The third-order valence-electron chi connectivity index (χ3n) is 6.46. The van der Waals surface area contributed by atoms with Crippen molar-refractivity contribution in [2.45, 2.75) is 19.4 Å². The fourth-order valence-corrected chi connectivity index (χ4v) is 4.23. The first-order valence-corrected chi connectivity index (χ1v) is 12.0. The van der Waals surface area contributed by atoms with Crippen LogP contribution in [0.4, 0.5) is 11.4 Å². The number of rotatable bonds is 8. The van der Waals surface area contributed by atoms with Crippen molar-refractivity contribution in [3.63, 3.8) is 0 Å². The number of carbonyl (C=O) groups excluding carboxylic acids is 2. The number of carbonyl (C=O) groups is 2. The van der Waals surface area contributed by atoms with Gasteiger partial charge in [0, 0.05) is 25.8 Å². The van der Waals surface area contributed by atoms with E-state index in [0.717, 1.165) is 12.1 Å². The lowest BCUT2D eigenvalue weighted by molar-refractivity contribution is -0.120. The van der Waals surface area contributed by atoms with Crippen LogP contribution >= 0.6 is 0 Å². The maximum atomic E-state index is 13.7. The largest absolute Gasteiger partial charge is 0.481 e. The molecule has 1 amide bonds. The molecule has 3 aromatic rings. The van der Waals surface area contributed by atoms with Gasteiger partial charge in [0.15, 0.2) is 11.3 Å². The summed E-state index contributed by atoms with van der Waals surface area (Å²) < 4.78 is 12.1. The number of methoxy groups -OCH3 is 1. The molecule has 1 aliphatic heterocycles. The van der Waals surface area contributed by atoms with E-state index in [4.69, 9.17) is 9.47 Å². The van der Waals surface area contributed by atoms with E-state index < -0.39 is 11.5 Å². The standard InChI is InChI=1S/C26H29N5O5/c1-29-10-11-30(21(32)15-29)20-12-19(27-13-17-8-9-17)14-31-24(20)28-22(26(34)35-2)23(25(31)33)36-16-18-6-4-3-5-7-18/h3-7,12,14,17,27H,8-11,13,15-16H2,1-2H3. The number of esters is 1. The highest BCUT2D eigenvalue weighted by Gasteiger charge is 2.29. The van der Waals surface area contributed by atoms with E-state index in [9.17, 15) is 14.4 Å². The molecule has 0 unspecified atom stereocenters. The summed E-state index contributed by atoms with van der Waals surface area (Å²) >= 11 is 0. The first-order valence-electron chi connectivity index (χ1n) is 12.0. The lowest BCUT2D eigenvalue weighted by atomic mass is 10.2. The normalized spacial score (nSPS) is 16.3. The second kappa shape index (κ2) is 9.98. The van der Waals surface area contributed by atoms with Crippen LogP contribution in [0.3, 0.4) is 0 Å². The van der Waals surface area contributed by atoms with E-state index in [1.165, 1.54) is 24.4 Å². The number of ether oxygens (including phenoxy) is 2. The number of pyridine rings is 1. The second-order valence-electron chi connectivity index (χ2n) is 9.28. The van der Waals surface area contributed by atoms with E-state index in [1.54, 1.807) is 11.1 Å². The summed E-state index contributed by atoms with van der Waals surface area (Å²) in [5.41, 5.74) is 1.42. The summed E-state index contributed by atoms with van der Waals surface area (Å²) in [5.74, 6) is -0.485. The summed E-state index contributed by atoms with van der Waals surface area (Å²) in [4.78, 5) is 47.4. The molecule has 36 heavy (non-hydrogen) atoms. The first kappa shape index (κ1) is 23.8. The number of fused-ring (bicyclic) bond motifs is 1. The van der Waals surface area contributed by atoms with Crippen molar-refractivity contribution in [2.75, 3.05) is 50.6 Å². The molecule has 10 heteroatoms. The van der Waals surface area contributed by atoms with Gasteiger partial charge in [0.25, 0.3) is 0 Å². The van der Waals surface area contributed by atoms with Crippen LogP contribution in [0, 0.1) is 5.92 Å². The minimum absolute atomic E-state index is 0.0806. The number of nitrogens with one attached hydrogen (secondary N) is 1. The average molecular weight is 492 g/mol. The molecule has 1 saturated heterocycles. The van der Waals surface area contributed by atoms with Crippen molar-refractivity contribution in [3.8, 4) is 5.75 Å². The van der Waals surface area contributed by atoms with Crippen LogP contribution in [0.15, 0.2) is 47.4 Å². The fourth-order valence-electron chi connectivity index (χ4n) is 4.23. The van der Waals surface area contributed by atoms with Crippen molar-refractivity contribution < 1.29 is 19.1 Å². The monoisotopic (exact) mass is 491 g/mol. The van der Waals surface area contributed by atoms with Crippen LogP contribution < -0.4 is 20.5 Å². The predicted molar refractivity (Wildman–Crippen MR) is 135 cm³/mol. The molecule has 0 spiro atoms. The van der Waals surface area contributed by atoms with Gasteiger partial charge in [0.2, 0.25) is 11.7 Å². The number of benzene rings is 1. The van der Waals surface area contributed by atoms with Gasteiger partial charge in [0.1, 0.15) is 6.61 Å². The van der Waals surface area contributed by atoms with E-state index in [1.807, 2.05) is 48.3 Å². The van der Waals surface area contributed by atoms with Crippen LogP contribution in [0.25, 0.3) is 5.65 Å². The minimum atomic E-state index is -0.788. The number of amides is 1. The molecule has 1 saturated carbocycles. The van der Waals surface area contributed by atoms with Gasteiger partial charge < -0.3 is 19.7 Å². The zero-order valence-corrected chi connectivity index (χ0v) is 20.4. The van der Waals surface area contributed by atoms with Crippen molar-refractivity contribution >= 4 is 28.9 Å². The van der Waals surface area contributed by atoms with Gasteiger partial charge in [-0.05, 0) is 37.4 Å². The molecule has 2 aromatic heterocycles. The van der Waals surface area contributed by atoms with E-state index >= 15 is 0 Å². The molecule has 1 aromatic carbocycles. The Kier molecular flexibility index (Phi) is 6.60. The molecule has 10 nitrogen and oxygen atoms in total. The molecule has 2 aliphatic rings. The number of piperazine rings is 1. The Bertz CT molecular complexity index is 1350. The fraction of sp³-hybridized carbons (Fsp3) is 0.385. The minimum Gasteiger partial charge on any atom is -0.481 e. The van der Waals surface area contributed by atoms with Crippen molar-refractivity contribution in [1.29, 1.82) is 0 Å². The Morgan fingerprint density at radius 1 is 1.17 bits per heavy atom. The molecule has 0 radical (unpaired) electrons. The highest BCUT2D eigenvalue weighted by atomic mass is 16.5. The summed E-state index contributed by atoms with van der Waals surface area (Å²) in [6.45, 7) is 2.22. The summed E-state index contributed by atoms with van der Waals surface area (Å²) in [7, 11) is 3.11. The van der Waals surface area contributed by atoms with Crippen molar-refractivity contribution in [2.24, 2.45) is 5.92 Å². The highest BCUT2D eigenvalue weighted by Crippen LogP contribution is 2.31. The average Bonchev–Trinajstić information content (AvgIpc) is 3.71. The molecular weight excluding hydrogens is 462 g/mol. The topological polar surface area (TPSA) is 105 Å². The quantitative estimate of drug-likeness (QED) is 0.478. The van der Waals surface area contributed by atoms with Gasteiger partial charge in [-0.1, -0.05) is 30.3 Å². The van der Waals surface area contributed by atoms with Gasteiger partial charge in [-0.2, -0.15) is 0 Å².